The topological polar surface area (TPSA) is 50.9 Å². The molecule has 0 unspecified atom stereocenters. The van der Waals surface area contributed by atoms with E-state index in [1.807, 2.05) is 26.2 Å². The highest BCUT2D eigenvalue weighted by molar-refractivity contribution is 6.35. The van der Waals surface area contributed by atoms with Gasteiger partial charge in [0.2, 0.25) is 0 Å². The van der Waals surface area contributed by atoms with Gasteiger partial charge in [-0.1, -0.05) is 11.5 Å². The van der Waals surface area contributed by atoms with Crippen LogP contribution in [0.5, 0.6) is 0 Å². The van der Waals surface area contributed by atoms with Crippen LogP contribution in [0.1, 0.15) is 12.5 Å². The van der Waals surface area contributed by atoms with Gasteiger partial charge in [-0.2, -0.15) is 0 Å². The van der Waals surface area contributed by atoms with Crippen LogP contribution >= 0.6 is 0 Å². The van der Waals surface area contributed by atoms with Crippen LogP contribution in [0.4, 0.5) is 5.82 Å². The lowest BCUT2D eigenvalue weighted by atomic mass is 9.94. The number of hydrogen-bond acceptors (Lipinski definition) is 3. The molecule has 0 atom stereocenters. The van der Waals surface area contributed by atoms with Gasteiger partial charge in [0.25, 0.3) is 0 Å². The van der Waals surface area contributed by atoms with E-state index in [0.717, 1.165) is 11.1 Å². The molecule has 0 fully saturated rings. The Kier molecular flexibility index (Phi) is 2.95. The van der Waals surface area contributed by atoms with Gasteiger partial charge in [-0.15, -0.1) is 0 Å². The fraction of sp³-hybridized carbons (Fsp3) is 0.222. The number of aromatic nitrogens is 1. The van der Waals surface area contributed by atoms with Crippen LogP contribution < -0.4 is 16.5 Å². The minimum Gasteiger partial charge on any atom is -0.394 e. The van der Waals surface area contributed by atoms with Gasteiger partial charge in [0.1, 0.15) is 13.7 Å². The van der Waals surface area contributed by atoms with E-state index in [1.165, 1.54) is 0 Å². The standard InChI is InChI=1S/C9H12BN3/c1-6(4-12-2)7-3-8(10)9(11)13-5-7/h3-5,12H,1-2H3,(H2,11,13)/b6-4+. The highest BCUT2D eigenvalue weighted by Crippen LogP contribution is 2.10. The van der Waals surface area contributed by atoms with Crippen molar-refractivity contribution >= 4 is 24.7 Å². The Hall–Kier alpha value is -1.45. The second-order valence-electron chi connectivity index (χ2n) is 2.81. The average Bonchev–Trinajstić information content (AvgIpc) is 2.10. The Morgan fingerprint density at radius 3 is 2.92 bits per heavy atom. The van der Waals surface area contributed by atoms with E-state index >= 15 is 0 Å². The van der Waals surface area contributed by atoms with Crippen LogP contribution in [0, 0.1) is 0 Å². The van der Waals surface area contributed by atoms with E-state index in [-0.39, 0.29) is 0 Å². The van der Waals surface area contributed by atoms with Crippen LogP contribution in [0.2, 0.25) is 0 Å². The number of nitrogens with one attached hydrogen (secondary N) is 1. The molecular weight excluding hydrogens is 161 g/mol. The summed E-state index contributed by atoms with van der Waals surface area (Å²) in [5.41, 5.74) is 8.05. The molecule has 13 heavy (non-hydrogen) atoms. The molecule has 0 saturated heterocycles. The predicted octanol–water partition coefficient (Wildman–Crippen LogP) is 0.0378. The van der Waals surface area contributed by atoms with E-state index in [1.54, 1.807) is 6.20 Å². The molecule has 1 rings (SSSR count). The number of pyridine rings is 1. The second kappa shape index (κ2) is 3.98. The molecule has 0 amide bonds. The average molecular weight is 173 g/mol. The molecule has 0 aliphatic carbocycles. The van der Waals surface area contributed by atoms with Crippen molar-refractivity contribution in [2.45, 2.75) is 6.92 Å². The Labute approximate surface area is 79.5 Å². The molecule has 2 radical (unpaired) electrons. The first-order chi connectivity index (χ1) is 6.15. The third kappa shape index (κ3) is 2.24. The van der Waals surface area contributed by atoms with Gasteiger partial charge in [0.05, 0.1) is 0 Å². The summed E-state index contributed by atoms with van der Waals surface area (Å²) in [6, 6.07) is 1.81. The van der Waals surface area contributed by atoms with E-state index in [0.29, 0.717) is 11.3 Å². The third-order valence-corrected chi connectivity index (χ3v) is 1.77. The lowest BCUT2D eigenvalue weighted by molar-refractivity contribution is 1.10. The molecule has 0 aliphatic rings. The first-order valence-electron chi connectivity index (χ1n) is 4.00. The SMILES string of the molecule is [B]c1cc(/C(C)=C/NC)cnc1N. The lowest BCUT2D eigenvalue weighted by Gasteiger charge is -2.04. The maximum Gasteiger partial charge on any atom is 0.119 e. The van der Waals surface area contributed by atoms with Crippen LogP contribution in [-0.4, -0.2) is 19.9 Å². The van der Waals surface area contributed by atoms with Gasteiger partial charge >= 0.3 is 0 Å². The molecule has 3 nitrogen and oxygen atoms in total. The minimum atomic E-state index is 0.376. The van der Waals surface area contributed by atoms with Gasteiger partial charge in [0.15, 0.2) is 0 Å². The number of allylic oxidation sites excluding steroid dienone is 1. The normalized spacial score (nSPS) is 11.4. The van der Waals surface area contributed by atoms with Crippen molar-refractivity contribution in [1.29, 1.82) is 0 Å². The van der Waals surface area contributed by atoms with Crippen molar-refractivity contribution in [2.24, 2.45) is 0 Å². The maximum atomic E-state index is 5.62. The molecule has 1 aromatic rings. The molecule has 66 valence electrons. The van der Waals surface area contributed by atoms with Gasteiger partial charge in [-0.25, -0.2) is 4.98 Å². The molecule has 0 aliphatic heterocycles. The highest BCUT2D eigenvalue weighted by atomic mass is 14.8. The molecule has 0 saturated carbocycles. The molecule has 0 bridgehead atoms. The van der Waals surface area contributed by atoms with Gasteiger partial charge in [-0.05, 0) is 24.3 Å². The maximum absolute atomic E-state index is 5.62. The quantitative estimate of drug-likeness (QED) is 0.620. The Morgan fingerprint density at radius 2 is 2.38 bits per heavy atom. The summed E-state index contributed by atoms with van der Waals surface area (Å²) < 4.78 is 0. The van der Waals surface area contributed by atoms with Crippen molar-refractivity contribution in [3.8, 4) is 0 Å². The molecule has 0 spiro atoms. The predicted molar refractivity (Wildman–Crippen MR) is 56.7 cm³/mol. The van der Waals surface area contributed by atoms with Crippen LogP contribution in [0.15, 0.2) is 18.5 Å². The van der Waals surface area contributed by atoms with Gasteiger partial charge in [0, 0.05) is 13.2 Å². The van der Waals surface area contributed by atoms with Crippen LogP contribution in [0.3, 0.4) is 0 Å². The van der Waals surface area contributed by atoms with E-state index in [2.05, 4.69) is 10.3 Å². The van der Waals surface area contributed by atoms with Gasteiger partial charge in [-0.3, -0.25) is 0 Å². The molecule has 4 heteroatoms. The summed E-state index contributed by atoms with van der Waals surface area (Å²) in [4.78, 5) is 3.97. The first kappa shape index (κ1) is 9.64. The van der Waals surface area contributed by atoms with E-state index < -0.39 is 0 Å². The molecule has 1 aromatic heterocycles. The Balaban J connectivity index is 3.04. The Morgan fingerprint density at radius 1 is 1.69 bits per heavy atom. The van der Waals surface area contributed by atoms with Crippen LogP contribution in [-0.2, 0) is 0 Å². The summed E-state index contributed by atoms with van der Waals surface area (Å²) in [7, 11) is 7.46. The number of nitrogens with two attached hydrogens (primary N) is 1. The smallest absolute Gasteiger partial charge is 0.119 e. The summed E-state index contributed by atoms with van der Waals surface area (Å²) in [5, 5.41) is 2.94. The van der Waals surface area contributed by atoms with Crippen molar-refractivity contribution in [2.75, 3.05) is 12.8 Å². The number of rotatable bonds is 2. The molecular formula is C9H12BN3. The monoisotopic (exact) mass is 173 g/mol. The molecule has 3 N–H and O–H groups in total. The van der Waals surface area contributed by atoms with E-state index in [9.17, 15) is 0 Å². The largest absolute Gasteiger partial charge is 0.394 e. The number of hydrogen-bond donors (Lipinski definition) is 2. The van der Waals surface area contributed by atoms with E-state index in [4.69, 9.17) is 13.6 Å². The zero-order valence-corrected chi connectivity index (χ0v) is 7.83. The zero-order chi connectivity index (χ0) is 9.84. The zero-order valence-electron chi connectivity index (χ0n) is 7.83. The van der Waals surface area contributed by atoms with Crippen LogP contribution in [0.25, 0.3) is 5.57 Å². The number of anilines is 1. The summed E-state index contributed by atoms with van der Waals surface area (Å²) in [6.07, 6.45) is 3.58. The highest BCUT2D eigenvalue weighted by Gasteiger charge is 1.98. The summed E-state index contributed by atoms with van der Waals surface area (Å²) >= 11 is 0. The van der Waals surface area contributed by atoms with Gasteiger partial charge < -0.3 is 11.1 Å². The number of nitrogen functional groups attached to an aromatic ring is 1. The van der Waals surface area contributed by atoms with Crippen molar-refractivity contribution in [3.05, 3.63) is 24.0 Å². The molecule has 1 heterocycles. The minimum absolute atomic E-state index is 0.376. The molecule has 0 aromatic carbocycles. The van der Waals surface area contributed by atoms with Crippen molar-refractivity contribution in [3.63, 3.8) is 0 Å². The first-order valence-corrected chi connectivity index (χ1v) is 4.00. The second-order valence-corrected chi connectivity index (χ2v) is 2.81. The summed E-state index contributed by atoms with van der Waals surface area (Å²) in [5.74, 6) is 0.376. The van der Waals surface area contributed by atoms with Crippen molar-refractivity contribution in [1.82, 2.24) is 10.3 Å². The number of nitrogens with zero attached hydrogens (tertiary/aromatic N) is 1. The third-order valence-electron chi connectivity index (χ3n) is 1.77. The Bertz CT molecular complexity index is 334. The van der Waals surface area contributed by atoms with Crippen molar-refractivity contribution < 1.29 is 0 Å². The lowest BCUT2D eigenvalue weighted by Crippen LogP contribution is -2.12. The fourth-order valence-corrected chi connectivity index (χ4v) is 1.01. The summed E-state index contributed by atoms with van der Waals surface area (Å²) in [6.45, 7) is 1.98. The fourth-order valence-electron chi connectivity index (χ4n) is 1.01.